The maximum Gasteiger partial charge on any atom is 0.410 e. The Morgan fingerprint density at radius 1 is 1.27 bits per heavy atom. The third-order valence-electron chi connectivity index (χ3n) is 3.55. The largest absolute Gasteiger partial charge is 0.497 e. The van der Waals surface area contributed by atoms with Crippen LogP contribution in [-0.2, 0) is 4.74 Å². The van der Waals surface area contributed by atoms with Crippen LogP contribution in [0.15, 0.2) is 30.3 Å². The number of carbonyl (C=O) groups excluding carboxylic acids is 1. The Bertz CT molecular complexity index is 528. The van der Waals surface area contributed by atoms with E-state index in [4.69, 9.17) is 9.47 Å². The lowest BCUT2D eigenvalue weighted by atomic mass is 10.1. The third kappa shape index (κ3) is 4.52. The van der Waals surface area contributed by atoms with Gasteiger partial charge in [-0.3, -0.25) is 0 Å². The van der Waals surface area contributed by atoms with E-state index >= 15 is 0 Å². The molecule has 4 heteroatoms. The summed E-state index contributed by atoms with van der Waals surface area (Å²) in [7, 11) is 1.65. The number of benzene rings is 1. The highest BCUT2D eigenvalue weighted by Gasteiger charge is 2.30. The van der Waals surface area contributed by atoms with E-state index in [0.29, 0.717) is 0 Å². The highest BCUT2D eigenvalue weighted by molar-refractivity contribution is 5.69. The molecule has 1 unspecified atom stereocenters. The first-order valence-electron chi connectivity index (χ1n) is 7.71. The average molecular weight is 303 g/mol. The molecule has 0 spiro atoms. The van der Waals surface area contributed by atoms with Crippen LogP contribution >= 0.6 is 0 Å². The number of likely N-dealkylation sites (tertiary alicyclic amines) is 1. The number of amides is 1. The summed E-state index contributed by atoms with van der Waals surface area (Å²) in [5, 5.41) is 0. The summed E-state index contributed by atoms with van der Waals surface area (Å²) in [4.78, 5) is 14.0. The highest BCUT2D eigenvalue weighted by atomic mass is 16.6. The maximum absolute atomic E-state index is 12.2. The minimum Gasteiger partial charge on any atom is -0.497 e. The number of nitrogens with zero attached hydrogens (tertiary/aromatic N) is 1. The molecule has 1 amide bonds. The molecule has 4 nitrogen and oxygen atoms in total. The SMILES string of the molecule is COc1ccc(/C=C/C2CCCN2C(=O)OC(C)(C)C)cc1. The van der Waals surface area contributed by atoms with Crippen LogP contribution in [0.1, 0.15) is 39.2 Å². The van der Waals surface area contributed by atoms with Gasteiger partial charge in [-0.25, -0.2) is 4.79 Å². The predicted molar refractivity (Wildman–Crippen MR) is 88.0 cm³/mol. The van der Waals surface area contributed by atoms with Gasteiger partial charge in [0.05, 0.1) is 13.2 Å². The van der Waals surface area contributed by atoms with Crippen molar-refractivity contribution in [2.75, 3.05) is 13.7 Å². The van der Waals surface area contributed by atoms with Crippen molar-refractivity contribution in [1.29, 1.82) is 0 Å². The standard InChI is InChI=1S/C18H25NO3/c1-18(2,3)22-17(20)19-13-5-6-15(19)10-7-14-8-11-16(21-4)12-9-14/h7-12,15H,5-6,13H2,1-4H3/b10-7+. The van der Waals surface area contributed by atoms with Crippen molar-refractivity contribution in [3.05, 3.63) is 35.9 Å². The van der Waals surface area contributed by atoms with Crippen molar-refractivity contribution in [3.63, 3.8) is 0 Å². The van der Waals surface area contributed by atoms with Gasteiger partial charge in [0.2, 0.25) is 0 Å². The zero-order valence-corrected chi connectivity index (χ0v) is 13.8. The molecule has 0 N–H and O–H groups in total. The topological polar surface area (TPSA) is 38.8 Å². The van der Waals surface area contributed by atoms with E-state index in [2.05, 4.69) is 6.08 Å². The summed E-state index contributed by atoms with van der Waals surface area (Å²) in [6.45, 7) is 6.43. The van der Waals surface area contributed by atoms with Crippen molar-refractivity contribution in [1.82, 2.24) is 4.90 Å². The van der Waals surface area contributed by atoms with Gasteiger partial charge in [-0.15, -0.1) is 0 Å². The number of methoxy groups -OCH3 is 1. The molecule has 1 saturated heterocycles. The molecule has 2 rings (SSSR count). The molecule has 0 radical (unpaired) electrons. The lowest BCUT2D eigenvalue weighted by molar-refractivity contribution is 0.0256. The number of rotatable bonds is 3. The van der Waals surface area contributed by atoms with E-state index in [-0.39, 0.29) is 12.1 Å². The van der Waals surface area contributed by atoms with Crippen molar-refractivity contribution in [3.8, 4) is 5.75 Å². The van der Waals surface area contributed by atoms with Gasteiger partial charge in [-0.2, -0.15) is 0 Å². The van der Waals surface area contributed by atoms with Crippen LogP contribution in [0.4, 0.5) is 4.79 Å². The van der Waals surface area contributed by atoms with E-state index in [1.54, 1.807) is 7.11 Å². The van der Waals surface area contributed by atoms with Crippen molar-refractivity contribution in [2.45, 2.75) is 45.3 Å². The second-order valence-electron chi connectivity index (χ2n) is 6.52. The average Bonchev–Trinajstić information content (AvgIpc) is 2.92. The van der Waals surface area contributed by atoms with E-state index in [1.165, 1.54) is 0 Å². The van der Waals surface area contributed by atoms with Gasteiger partial charge < -0.3 is 14.4 Å². The number of carbonyl (C=O) groups is 1. The first-order valence-corrected chi connectivity index (χ1v) is 7.71. The third-order valence-corrected chi connectivity index (χ3v) is 3.55. The van der Waals surface area contributed by atoms with Crippen LogP contribution in [0.2, 0.25) is 0 Å². The van der Waals surface area contributed by atoms with Gasteiger partial charge in [0, 0.05) is 6.54 Å². The fourth-order valence-electron chi connectivity index (χ4n) is 2.48. The fraction of sp³-hybridized carbons (Fsp3) is 0.500. The van der Waals surface area contributed by atoms with E-state index in [0.717, 1.165) is 30.7 Å². The van der Waals surface area contributed by atoms with Gasteiger partial charge >= 0.3 is 6.09 Å². The molecule has 1 heterocycles. The second kappa shape index (κ2) is 6.86. The lowest BCUT2D eigenvalue weighted by Gasteiger charge is -2.27. The van der Waals surface area contributed by atoms with Crippen LogP contribution in [0, 0.1) is 0 Å². The van der Waals surface area contributed by atoms with Crippen LogP contribution < -0.4 is 4.74 Å². The molecule has 0 aromatic heterocycles. The summed E-state index contributed by atoms with van der Waals surface area (Å²) < 4.78 is 10.6. The van der Waals surface area contributed by atoms with Gasteiger partial charge in [-0.05, 0) is 51.3 Å². The summed E-state index contributed by atoms with van der Waals surface area (Å²) in [5.74, 6) is 0.841. The van der Waals surface area contributed by atoms with E-state index in [1.807, 2.05) is 56.0 Å². The molecular weight excluding hydrogens is 278 g/mol. The Morgan fingerprint density at radius 2 is 1.95 bits per heavy atom. The lowest BCUT2D eigenvalue weighted by Crippen LogP contribution is -2.39. The molecule has 1 aromatic carbocycles. The molecule has 0 saturated carbocycles. The Hall–Kier alpha value is -1.97. The summed E-state index contributed by atoms with van der Waals surface area (Å²) in [6.07, 6.45) is 5.89. The molecule has 1 fully saturated rings. The normalized spacial score (nSPS) is 18.7. The van der Waals surface area contributed by atoms with Gasteiger partial charge in [-0.1, -0.05) is 24.3 Å². The van der Waals surface area contributed by atoms with Gasteiger partial charge in [0.15, 0.2) is 0 Å². The van der Waals surface area contributed by atoms with Crippen LogP contribution in [0.5, 0.6) is 5.75 Å². The molecule has 1 aliphatic heterocycles. The first kappa shape index (κ1) is 16.4. The number of hydrogen-bond donors (Lipinski definition) is 0. The number of hydrogen-bond acceptors (Lipinski definition) is 3. The summed E-state index contributed by atoms with van der Waals surface area (Å²) >= 11 is 0. The molecule has 1 aliphatic rings. The van der Waals surface area contributed by atoms with Crippen LogP contribution in [0.25, 0.3) is 6.08 Å². The predicted octanol–water partition coefficient (Wildman–Crippen LogP) is 4.11. The smallest absolute Gasteiger partial charge is 0.410 e. The van der Waals surface area contributed by atoms with Crippen molar-refractivity contribution < 1.29 is 14.3 Å². The van der Waals surface area contributed by atoms with E-state index in [9.17, 15) is 4.79 Å². The van der Waals surface area contributed by atoms with Gasteiger partial charge in [0.25, 0.3) is 0 Å². The molecule has 22 heavy (non-hydrogen) atoms. The van der Waals surface area contributed by atoms with Crippen LogP contribution in [0.3, 0.4) is 0 Å². The highest BCUT2D eigenvalue weighted by Crippen LogP contribution is 2.22. The molecule has 0 bridgehead atoms. The molecule has 1 aromatic rings. The summed E-state index contributed by atoms with van der Waals surface area (Å²) in [6, 6.07) is 7.97. The number of ether oxygens (including phenoxy) is 2. The fourth-order valence-corrected chi connectivity index (χ4v) is 2.48. The minimum absolute atomic E-state index is 0.108. The zero-order valence-electron chi connectivity index (χ0n) is 13.8. The zero-order chi connectivity index (χ0) is 16.2. The Kier molecular flexibility index (Phi) is 5.11. The van der Waals surface area contributed by atoms with Crippen molar-refractivity contribution >= 4 is 12.2 Å². The van der Waals surface area contributed by atoms with Crippen molar-refractivity contribution in [2.24, 2.45) is 0 Å². The summed E-state index contributed by atoms with van der Waals surface area (Å²) in [5.41, 5.74) is 0.640. The Morgan fingerprint density at radius 3 is 2.55 bits per heavy atom. The monoisotopic (exact) mass is 303 g/mol. The van der Waals surface area contributed by atoms with Crippen LogP contribution in [-0.4, -0.2) is 36.3 Å². The van der Waals surface area contributed by atoms with E-state index < -0.39 is 5.60 Å². The first-order chi connectivity index (χ1) is 10.4. The Balaban J connectivity index is 2.00. The minimum atomic E-state index is -0.454. The molecular formula is C18H25NO3. The Labute approximate surface area is 132 Å². The maximum atomic E-state index is 12.2. The molecule has 120 valence electrons. The van der Waals surface area contributed by atoms with Gasteiger partial charge in [0.1, 0.15) is 11.4 Å². The molecule has 1 atom stereocenters. The molecule has 0 aliphatic carbocycles. The second-order valence-corrected chi connectivity index (χ2v) is 6.52. The quantitative estimate of drug-likeness (QED) is 0.843.